The molecule has 1 aromatic heterocycles. The van der Waals surface area contributed by atoms with Crippen molar-refractivity contribution in [1.29, 1.82) is 0 Å². The van der Waals surface area contributed by atoms with Gasteiger partial charge in [-0.05, 0) is 36.4 Å². The van der Waals surface area contributed by atoms with Crippen molar-refractivity contribution in [3.8, 4) is 0 Å². The average molecular weight is 355 g/mol. The van der Waals surface area contributed by atoms with Crippen LogP contribution in [-0.4, -0.2) is 37.7 Å². The predicted molar refractivity (Wildman–Crippen MR) is 97.0 cm³/mol. The standard InChI is InChI=1S/C18H17N3O3S/c1-21(2)25(23,24)15-8-6-13(7-9-15)18(22)20-17-5-3-4-14-12-19-11-10-16(14)17/h3-12H,1-2H3,(H,20,22). The summed E-state index contributed by atoms with van der Waals surface area (Å²) in [5.41, 5.74) is 1.05. The van der Waals surface area contributed by atoms with Gasteiger partial charge >= 0.3 is 0 Å². The second-order valence-electron chi connectivity index (χ2n) is 5.67. The molecular formula is C18H17N3O3S. The molecule has 0 fully saturated rings. The van der Waals surface area contributed by atoms with Gasteiger partial charge < -0.3 is 5.32 Å². The van der Waals surface area contributed by atoms with Crippen molar-refractivity contribution in [2.45, 2.75) is 4.90 Å². The number of hydrogen-bond donors (Lipinski definition) is 1. The van der Waals surface area contributed by atoms with Crippen molar-refractivity contribution in [3.05, 3.63) is 66.5 Å². The van der Waals surface area contributed by atoms with Crippen molar-refractivity contribution in [1.82, 2.24) is 9.29 Å². The van der Waals surface area contributed by atoms with Crippen molar-refractivity contribution >= 4 is 32.4 Å². The predicted octanol–water partition coefficient (Wildman–Crippen LogP) is 2.74. The van der Waals surface area contributed by atoms with Gasteiger partial charge in [0, 0.05) is 48.5 Å². The van der Waals surface area contributed by atoms with Crippen molar-refractivity contribution in [2.75, 3.05) is 19.4 Å². The normalized spacial score (nSPS) is 11.6. The van der Waals surface area contributed by atoms with Gasteiger partial charge in [-0.15, -0.1) is 0 Å². The lowest BCUT2D eigenvalue weighted by molar-refractivity contribution is 0.102. The van der Waals surface area contributed by atoms with E-state index in [-0.39, 0.29) is 10.8 Å². The Morgan fingerprint density at radius 2 is 1.76 bits per heavy atom. The zero-order valence-electron chi connectivity index (χ0n) is 13.8. The summed E-state index contributed by atoms with van der Waals surface area (Å²) in [5.74, 6) is -0.307. The van der Waals surface area contributed by atoms with Gasteiger partial charge in [0.05, 0.1) is 4.90 Å². The molecule has 6 nitrogen and oxygen atoms in total. The first-order valence-corrected chi connectivity index (χ1v) is 9.00. The van der Waals surface area contributed by atoms with Crippen LogP contribution in [0.4, 0.5) is 5.69 Å². The summed E-state index contributed by atoms with van der Waals surface area (Å²) in [6.45, 7) is 0. The fraction of sp³-hybridized carbons (Fsp3) is 0.111. The Bertz CT molecular complexity index is 1020. The quantitative estimate of drug-likeness (QED) is 0.780. The van der Waals surface area contributed by atoms with Gasteiger partial charge in [0.15, 0.2) is 0 Å². The number of carbonyl (C=O) groups excluding carboxylic acids is 1. The van der Waals surface area contributed by atoms with Gasteiger partial charge in [0.25, 0.3) is 5.91 Å². The van der Waals surface area contributed by atoms with Crippen LogP contribution in [-0.2, 0) is 10.0 Å². The number of hydrogen-bond acceptors (Lipinski definition) is 4. The number of sulfonamides is 1. The number of fused-ring (bicyclic) bond motifs is 1. The minimum atomic E-state index is -3.51. The molecule has 0 atom stereocenters. The summed E-state index contributed by atoms with van der Waals surface area (Å²) in [7, 11) is -0.585. The van der Waals surface area contributed by atoms with Crippen LogP contribution in [0.3, 0.4) is 0 Å². The van der Waals surface area contributed by atoms with Crippen LogP contribution in [0.1, 0.15) is 10.4 Å². The van der Waals surface area contributed by atoms with Crippen LogP contribution < -0.4 is 5.32 Å². The zero-order valence-corrected chi connectivity index (χ0v) is 14.6. The summed E-state index contributed by atoms with van der Waals surface area (Å²) >= 11 is 0. The first kappa shape index (κ1) is 17.1. The smallest absolute Gasteiger partial charge is 0.255 e. The van der Waals surface area contributed by atoms with Crippen molar-refractivity contribution in [2.24, 2.45) is 0 Å². The van der Waals surface area contributed by atoms with Gasteiger partial charge in [-0.2, -0.15) is 0 Å². The highest BCUT2D eigenvalue weighted by Gasteiger charge is 2.17. The molecule has 0 aliphatic heterocycles. The van der Waals surface area contributed by atoms with E-state index in [0.717, 1.165) is 15.1 Å². The van der Waals surface area contributed by atoms with E-state index in [0.29, 0.717) is 11.3 Å². The molecule has 7 heteroatoms. The second-order valence-corrected chi connectivity index (χ2v) is 7.82. The Morgan fingerprint density at radius 1 is 1.04 bits per heavy atom. The number of carbonyl (C=O) groups is 1. The number of benzene rings is 2. The van der Waals surface area contributed by atoms with Crippen molar-refractivity contribution in [3.63, 3.8) is 0 Å². The van der Waals surface area contributed by atoms with Crippen LogP contribution in [0, 0.1) is 0 Å². The fourth-order valence-corrected chi connectivity index (χ4v) is 3.32. The molecule has 0 bridgehead atoms. The number of nitrogens with one attached hydrogen (secondary N) is 1. The Morgan fingerprint density at radius 3 is 2.44 bits per heavy atom. The minimum absolute atomic E-state index is 0.144. The number of anilines is 1. The van der Waals surface area contributed by atoms with E-state index in [1.165, 1.54) is 38.4 Å². The summed E-state index contributed by atoms with van der Waals surface area (Å²) in [6, 6.07) is 13.2. The minimum Gasteiger partial charge on any atom is -0.321 e. The number of rotatable bonds is 4. The van der Waals surface area contributed by atoms with Crippen molar-refractivity contribution < 1.29 is 13.2 Å². The Balaban J connectivity index is 1.87. The summed E-state index contributed by atoms with van der Waals surface area (Å²) in [6.07, 6.45) is 3.39. The van der Waals surface area contributed by atoms with E-state index >= 15 is 0 Å². The van der Waals surface area contributed by atoms with Gasteiger partial charge in [-0.1, -0.05) is 12.1 Å². The summed E-state index contributed by atoms with van der Waals surface area (Å²) in [5, 5.41) is 4.67. The Labute approximate surface area is 146 Å². The van der Waals surface area contributed by atoms with Crippen LogP contribution >= 0.6 is 0 Å². The maximum atomic E-state index is 12.5. The monoisotopic (exact) mass is 355 g/mol. The topological polar surface area (TPSA) is 79.4 Å². The molecule has 0 saturated heterocycles. The molecule has 1 heterocycles. The Kier molecular flexibility index (Phi) is 4.52. The molecule has 3 aromatic rings. The third-order valence-electron chi connectivity index (χ3n) is 3.82. The first-order chi connectivity index (χ1) is 11.9. The molecule has 128 valence electrons. The molecule has 1 N–H and O–H groups in total. The van der Waals surface area contributed by atoms with E-state index in [1.807, 2.05) is 24.3 Å². The molecule has 0 spiro atoms. The Hall–Kier alpha value is -2.77. The largest absolute Gasteiger partial charge is 0.321 e. The fourth-order valence-electron chi connectivity index (χ4n) is 2.42. The molecule has 3 rings (SSSR count). The van der Waals surface area contributed by atoms with Crippen LogP contribution in [0.25, 0.3) is 10.8 Å². The number of nitrogens with zero attached hydrogens (tertiary/aromatic N) is 2. The molecule has 0 aliphatic rings. The SMILES string of the molecule is CN(C)S(=O)(=O)c1ccc(C(=O)Nc2cccc3cnccc23)cc1. The lowest BCUT2D eigenvalue weighted by Gasteiger charge is -2.12. The average Bonchev–Trinajstić information content (AvgIpc) is 2.62. The van der Waals surface area contributed by atoms with E-state index in [9.17, 15) is 13.2 Å². The van der Waals surface area contributed by atoms with E-state index in [1.54, 1.807) is 12.4 Å². The highest BCUT2D eigenvalue weighted by Crippen LogP contribution is 2.23. The molecule has 0 unspecified atom stereocenters. The lowest BCUT2D eigenvalue weighted by atomic mass is 10.1. The van der Waals surface area contributed by atoms with E-state index in [4.69, 9.17) is 0 Å². The number of amides is 1. The molecule has 0 saturated carbocycles. The molecule has 2 aromatic carbocycles. The third kappa shape index (κ3) is 3.38. The third-order valence-corrected chi connectivity index (χ3v) is 5.65. The molecule has 1 amide bonds. The molecule has 25 heavy (non-hydrogen) atoms. The lowest BCUT2D eigenvalue weighted by Crippen LogP contribution is -2.22. The highest BCUT2D eigenvalue weighted by molar-refractivity contribution is 7.89. The summed E-state index contributed by atoms with van der Waals surface area (Å²) in [4.78, 5) is 16.7. The molecule has 0 aliphatic carbocycles. The number of aromatic nitrogens is 1. The number of pyridine rings is 1. The van der Waals surface area contributed by atoms with E-state index in [2.05, 4.69) is 10.3 Å². The molecule has 0 radical (unpaired) electrons. The van der Waals surface area contributed by atoms with Gasteiger partial charge in [0.1, 0.15) is 0 Å². The zero-order chi connectivity index (χ0) is 18.0. The van der Waals surface area contributed by atoms with Gasteiger partial charge in [-0.25, -0.2) is 12.7 Å². The van der Waals surface area contributed by atoms with Gasteiger partial charge in [-0.3, -0.25) is 9.78 Å². The van der Waals surface area contributed by atoms with E-state index < -0.39 is 10.0 Å². The maximum absolute atomic E-state index is 12.5. The second kappa shape index (κ2) is 6.62. The van der Waals surface area contributed by atoms with Crippen LogP contribution in [0.15, 0.2) is 65.8 Å². The highest BCUT2D eigenvalue weighted by atomic mass is 32.2. The van der Waals surface area contributed by atoms with Crippen LogP contribution in [0.5, 0.6) is 0 Å². The maximum Gasteiger partial charge on any atom is 0.255 e. The molecular weight excluding hydrogens is 338 g/mol. The van der Waals surface area contributed by atoms with Crippen LogP contribution in [0.2, 0.25) is 0 Å². The first-order valence-electron chi connectivity index (χ1n) is 7.56. The van der Waals surface area contributed by atoms with Gasteiger partial charge in [0.2, 0.25) is 10.0 Å². The summed E-state index contributed by atoms with van der Waals surface area (Å²) < 4.78 is 25.3.